The maximum Gasteiger partial charge on any atom is 0.283 e. The molecule has 0 atom stereocenters. The van der Waals surface area contributed by atoms with Gasteiger partial charge < -0.3 is 9.47 Å². The summed E-state index contributed by atoms with van der Waals surface area (Å²) >= 11 is 1.46. The standard InChI is InChI=1S/C21H20N2O3S/c1-4-12-27-21-22-19(13-15-8-10-17(25-2)11-9-15)20(24)23(21)16-6-5-7-18(14-16)26-3/h4-11,13-14H,1,12H2,2-3H3/b19-13-. The predicted molar refractivity (Wildman–Crippen MR) is 112 cm³/mol. The van der Waals surface area contributed by atoms with Crippen LogP contribution in [0.1, 0.15) is 5.56 Å². The number of hydrogen-bond acceptors (Lipinski definition) is 5. The monoisotopic (exact) mass is 380 g/mol. The maximum atomic E-state index is 13.0. The highest BCUT2D eigenvalue weighted by Crippen LogP contribution is 2.31. The average molecular weight is 380 g/mol. The Hall–Kier alpha value is -2.99. The third-order valence-electron chi connectivity index (χ3n) is 3.89. The zero-order chi connectivity index (χ0) is 19.2. The van der Waals surface area contributed by atoms with Crippen LogP contribution in [0.25, 0.3) is 6.08 Å². The predicted octanol–water partition coefficient (Wildman–Crippen LogP) is 4.37. The van der Waals surface area contributed by atoms with Crippen LogP contribution in [0, 0.1) is 0 Å². The highest BCUT2D eigenvalue weighted by Gasteiger charge is 2.31. The van der Waals surface area contributed by atoms with Crippen LogP contribution in [0.15, 0.2) is 71.9 Å². The van der Waals surface area contributed by atoms with Gasteiger partial charge in [0.05, 0.1) is 19.9 Å². The van der Waals surface area contributed by atoms with E-state index in [9.17, 15) is 4.79 Å². The first-order chi connectivity index (χ1) is 13.2. The van der Waals surface area contributed by atoms with Crippen LogP contribution in [0.5, 0.6) is 11.5 Å². The van der Waals surface area contributed by atoms with Crippen molar-refractivity contribution in [1.82, 2.24) is 0 Å². The molecule has 6 heteroatoms. The quantitative estimate of drug-likeness (QED) is 0.552. The molecule has 0 saturated heterocycles. The molecule has 0 radical (unpaired) electrons. The normalized spacial score (nSPS) is 15.0. The smallest absolute Gasteiger partial charge is 0.283 e. The van der Waals surface area contributed by atoms with Crippen molar-refractivity contribution in [2.45, 2.75) is 0 Å². The zero-order valence-electron chi connectivity index (χ0n) is 15.2. The van der Waals surface area contributed by atoms with E-state index in [1.54, 1.807) is 31.3 Å². The first-order valence-electron chi connectivity index (χ1n) is 8.33. The van der Waals surface area contributed by atoms with Crippen molar-refractivity contribution in [3.05, 3.63) is 72.4 Å². The molecule has 0 unspecified atom stereocenters. The number of benzene rings is 2. The number of ether oxygens (including phenoxy) is 2. The van der Waals surface area contributed by atoms with Crippen LogP contribution in [-0.2, 0) is 4.79 Å². The molecule has 0 N–H and O–H groups in total. The van der Waals surface area contributed by atoms with E-state index in [0.29, 0.717) is 28.1 Å². The number of thioether (sulfide) groups is 1. The molecule has 1 aliphatic rings. The molecule has 0 bridgehead atoms. The molecule has 3 rings (SSSR count). The maximum absolute atomic E-state index is 13.0. The van der Waals surface area contributed by atoms with Gasteiger partial charge in [0.25, 0.3) is 5.91 Å². The van der Waals surface area contributed by atoms with E-state index in [-0.39, 0.29) is 5.91 Å². The molecule has 0 fully saturated rings. The second-order valence-electron chi connectivity index (χ2n) is 5.64. The lowest BCUT2D eigenvalue weighted by atomic mass is 10.2. The number of anilines is 1. The molecule has 1 heterocycles. The van der Waals surface area contributed by atoms with Crippen LogP contribution >= 0.6 is 11.8 Å². The highest BCUT2D eigenvalue weighted by atomic mass is 32.2. The van der Waals surface area contributed by atoms with Crippen molar-refractivity contribution in [2.75, 3.05) is 24.9 Å². The van der Waals surface area contributed by atoms with Crippen molar-refractivity contribution in [3.8, 4) is 11.5 Å². The number of methoxy groups -OCH3 is 2. The summed E-state index contributed by atoms with van der Waals surface area (Å²) in [6.07, 6.45) is 3.56. The lowest BCUT2D eigenvalue weighted by Crippen LogP contribution is -2.30. The Labute approximate surface area is 163 Å². The molecule has 0 aromatic heterocycles. The van der Waals surface area contributed by atoms with Crippen LogP contribution in [0.4, 0.5) is 5.69 Å². The van der Waals surface area contributed by atoms with Crippen molar-refractivity contribution in [2.24, 2.45) is 4.99 Å². The van der Waals surface area contributed by atoms with Gasteiger partial charge in [0, 0.05) is 11.8 Å². The molecule has 138 valence electrons. The molecule has 27 heavy (non-hydrogen) atoms. The minimum atomic E-state index is -0.175. The summed E-state index contributed by atoms with van der Waals surface area (Å²) in [7, 11) is 3.22. The Morgan fingerprint density at radius 3 is 2.52 bits per heavy atom. The Morgan fingerprint density at radius 1 is 1.11 bits per heavy atom. The zero-order valence-corrected chi connectivity index (χ0v) is 16.0. The van der Waals surface area contributed by atoms with Crippen LogP contribution < -0.4 is 14.4 Å². The summed E-state index contributed by atoms with van der Waals surface area (Å²) in [5.74, 6) is 1.92. The number of hydrogen-bond donors (Lipinski definition) is 0. The van der Waals surface area contributed by atoms with Gasteiger partial charge in [0.1, 0.15) is 17.2 Å². The second-order valence-corrected chi connectivity index (χ2v) is 6.63. The first-order valence-corrected chi connectivity index (χ1v) is 9.31. The largest absolute Gasteiger partial charge is 0.497 e. The fourth-order valence-corrected chi connectivity index (χ4v) is 3.31. The van der Waals surface area contributed by atoms with Gasteiger partial charge in [-0.05, 0) is 35.9 Å². The van der Waals surface area contributed by atoms with Gasteiger partial charge in [-0.1, -0.05) is 36.0 Å². The number of aliphatic imine (C=N–C) groups is 1. The summed E-state index contributed by atoms with van der Waals surface area (Å²) in [5, 5.41) is 0.618. The highest BCUT2D eigenvalue weighted by molar-refractivity contribution is 8.14. The fourth-order valence-electron chi connectivity index (χ4n) is 2.56. The van der Waals surface area contributed by atoms with Gasteiger partial charge >= 0.3 is 0 Å². The Kier molecular flexibility index (Phi) is 5.98. The van der Waals surface area contributed by atoms with Gasteiger partial charge in [0.2, 0.25) is 0 Å². The summed E-state index contributed by atoms with van der Waals surface area (Å²) in [5.41, 5.74) is 1.98. The molecule has 2 aromatic rings. The Bertz CT molecular complexity index is 904. The molecule has 0 saturated carbocycles. The Balaban J connectivity index is 1.96. The molecule has 1 aliphatic heterocycles. The molecule has 2 aromatic carbocycles. The van der Waals surface area contributed by atoms with E-state index in [1.807, 2.05) is 48.5 Å². The molecular formula is C21H20N2O3S. The fraction of sp³-hybridized carbons (Fsp3) is 0.143. The summed E-state index contributed by atoms with van der Waals surface area (Å²) < 4.78 is 10.5. The number of rotatable bonds is 6. The Morgan fingerprint density at radius 2 is 1.85 bits per heavy atom. The van der Waals surface area contributed by atoms with Crippen LogP contribution in [-0.4, -0.2) is 31.0 Å². The SMILES string of the molecule is C=CCSC1=N/C(=C\c2ccc(OC)cc2)C(=O)N1c1cccc(OC)c1. The molecule has 5 nitrogen and oxygen atoms in total. The minimum Gasteiger partial charge on any atom is -0.497 e. The summed E-state index contributed by atoms with van der Waals surface area (Å²) in [6, 6.07) is 14.8. The topological polar surface area (TPSA) is 51.1 Å². The van der Waals surface area contributed by atoms with Crippen molar-refractivity contribution < 1.29 is 14.3 Å². The molecular weight excluding hydrogens is 360 g/mol. The summed E-state index contributed by atoms with van der Waals surface area (Å²) in [6.45, 7) is 3.74. The van der Waals surface area contributed by atoms with Crippen LogP contribution in [0.2, 0.25) is 0 Å². The van der Waals surface area contributed by atoms with E-state index >= 15 is 0 Å². The summed E-state index contributed by atoms with van der Waals surface area (Å²) in [4.78, 5) is 19.2. The lowest BCUT2D eigenvalue weighted by molar-refractivity contribution is -0.113. The van der Waals surface area contributed by atoms with Crippen molar-refractivity contribution >= 4 is 34.6 Å². The van der Waals surface area contributed by atoms with Crippen molar-refractivity contribution in [3.63, 3.8) is 0 Å². The van der Waals surface area contributed by atoms with E-state index in [2.05, 4.69) is 11.6 Å². The van der Waals surface area contributed by atoms with Gasteiger partial charge in [-0.3, -0.25) is 9.69 Å². The molecule has 0 aliphatic carbocycles. The average Bonchev–Trinajstić information content (AvgIpc) is 3.02. The first kappa shape index (κ1) is 18.8. The van der Waals surface area contributed by atoms with E-state index < -0.39 is 0 Å². The molecule has 1 amide bonds. The van der Waals surface area contributed by atoms with E-state index in [4.69, 9.17) is 9.47 Å². The van der Waals surface area contributed by atoms with Gasteiger partial charge in [0.15, 0.2) is 5.17 Å². The van der Waals surface area contributed by atoms with E-state index in [0.717, 1.165) is 11.3 Å². The third-order valence-corrected chi connectivity index (χ3v) is 4.83. The second kappa shape index (κ2) is 8.60. The van der Waals surface area contributed by atoms with Gasteiger partial charge in [-0.15, -0.1) is 6.58 Å². The van der Waals surface area contributed by atoms with Gasteiger partial charge in [-0.25, -0.2) is 4.99 Å². The number of carbonyl (C=O) groups is 1. The minimum absolute atomic E-state index is 0.175. The number of carbonyl (C=O) groups excluding carboxylic acids is 1. The third kappa shape index (κ3) is 4.23. The number of amides is 1. The van der Waals surface area contributed by atoms with Crippen LogP contribution in [0.3, 0.4) is 0 Å². The van der Waals surface area contributed by atoms with Gasteiger partial charge in [-0.2, -0.15) is 0 Å². The van der Waals surface area contributed by atoms with Crippen molar-refractivity contribution in [1.29, 1.82) is 0 Å². The lowest BCUT2D eigenvalue weighted by Gasteiger charge is -2.18. The van der Waals surface area contributed by atoms with E-state index in [1.165, 1.54) is 11.8 Å². The number of nitrogens with zero attached hydrogens (tertiary/aromatic N) is 2. The number of amidine groups is 1. The molecule has 0 spiro atoms.